The van der Waals surface area contributed by atoms with Crippen molar-refractivity contribution in [2.75, 3.05) is 10.9 Å². The maximum Gasteiger partial charge on any atom is 0.180 e. The summed E-state index contributed by atoms with van der Waals surface area (Å²) in [7, 11) is 0. The zero-order valence-electron chi connectivity index (χ0n) is 6.47. The van der Waals surface area contributed by atoms with E-state index >= 15 is 0 Å². The number of para-hydroxylation sites is 1. The van der Waals surface area contributed by atoms with E-state index in [1.54, 1.807) is 11.8 Å². The van der Waals surface area contributed by atoms with Crippen molar-refractivity contribution in [3.05, 3.63) is 30.3 Å². The average Bonchev–Trinajstić information content (AvgIpc) is 2.54. The van der Waals surface area contributed by atoms with Gasteiger partial charge in [-0.3, -0.25) is 5.01 Å². The van der Waals surface area contributed by atoms with Crippen LogP contribution in [-0.4, -0.2) is 11.0 Å². The van der Waals surface area contributed by atoms with Crippen LogP contribution in [0, 0.1) is 0 Å². The highest BCUT2D eigenvalue weighted by Gasteiger charge is 2.12. The van der Waals surface area contributed by atoms with Crippen LogP contribution in [0.1, 0.15) is 0 Å². The average molecular weight is 179 g/mol. The molecule has 1 aromatic rings. The Morgan fingerprint density at radius 3 is 2.67 bits per heavy atom. The molecule has 4 heteroatoms. The Kier molecular flexibility index (Phi) is 1.91. The summed E-state index contributed by atoms with van der Waals surface area (Å²) >= 11 is 1.55. The summed E-state index contributed by atoms with van der Waals surface area (Å²) in [6.07, 6.45) is 0. The number of anilines is 1. The van der Waals surface area contributed by atoms with E-state index in [0.29, 0.717) is 5.17 Å². The van der Waals surface area contributed by atoms with Crippen LogP contribution in [0.2, 0.25) is 0 Å². The van der Waals surface area contributed by atoms with Gasteiger partial charge in [0.2, 0.25) is 0 Å². The summed E-state index contributed by atoms with van der Waals surface area (Å²) in [5.74, 6) is 0.815. The highest BCUT2D eigenvalue weighted by molar-refractivity contribution is 8.14. The van der Waals surface area contributed by atoms with Crippen molar-refractivity contribution in [1.82, 2.24) is 0 Å². The molecular formula is C8H9N3S. The lowest BCUT2D eigenvalue weighted by atomic mass is 10.3. The van der Waals surface area contributed by atoms with Crippen LogP contribution in [0.5, 0.6) is 0 Å². The minimum atomic E-state index is 0.638. The van der Waals surface area contributed by atoms with Gasteiger partial charge in [0.15, 0.2) is 5.17 Å². The molecule has 1 heterocycles. The molecule has 0 radical (unpaired) electrons. The second-order valence-electron chi connectivity index (χ2n) is 2.45. The number of nitrogens with zero attached hydrogens (tertiary/aromatic N) is 2. The molecule has 0 aromatic heterocycles. The van der Waals surface area contributed by atoms with Crippen molar-refractivity contribution in [2.24, 2.45) is 10.8 Å². The van der Waals surface area contributed by atoms with Crippen molar-refractivity contribution in [1.29, 1.82) is 0 Å². The molecule has 0 bridgehead atoms. The van der Waals surface area contributed by atoms with Crippen LogP contribution in [0.25, 0.3) is 0 Å². The lowest BCUT2D eigenvalue weighted by Gasteiger charge is -2.11. The van der Waals surface area contributed by atoms with E-state index in [-0.39, 0.29) is 0 Å². The second-order valence-corrected chi connectivity index (χ2v) is 3.41. The second kappa shape index (κ2) is 3.06. The van der Waals surface area contributed by atoms with Crippen molar-refractivity contribution in [3.8, 4) is 0 Å². The number of benzene rings is 1. The molecule has 3 nitrogen and oxygen atoms in total. The zero-order valence-corrected chi connectivity index (χ0v) is 7.29. The minimum absolute atomic E-state index is 0.638. The molecule has 0 amide bonds. The number of hydrogen-bond acceptors (Lipinski definition) is 4. The highest BCUT2D eigenvalue weighted by Crippen LogP contribution is 2.21. The first kappa shape index (κ1) is 7.49. The van der Waals surface area contributed by atoms with Crippen LogP contribution in [0.15, 0.2) is 35.4 Å². The Labute approximate surface area is 75.2 Å². The lowest BCUT2D eigenvalue weighted by molar-refractivity contribution is 1.01. The number of thioether (sulfide) groups is 1. The fourth-order valence-corrected chi connectivity index (χ4v) is 1.65. The number of hydrogen-bond donors (Lipinski definition) is 1. The van der Waals surface area contributed by atoms with Gasteiger partial charge in [-0.05, 0) is 12.1 Å². The summed E-state index contributed by atoms with van der Waals surface area (Å²) in [4.78, 5) is 0. The molecule has 1 aliphatic heterocycles. The largest absolute Gasteiger partial charge is 0.377 e. The molecule has 12 heavy (non-hydrogen) atoms. The SMILES string of the molecule is NC1=NN(c2ccccc2)CS1. The van der Waals surface area contributed by atoms with E-state index < -0.39 is 0 Å². The summed E-state index contributed by atoms with van der Waals surface area (Å²) in [6, 6.07) is 10.00. The number of rotatable bonds is 1. The highest BCUT2D eigenvalue weighted by atomic mass is 32.2. The van der Waals surface area contributed by atoms with Gasteiger partial charge in [0.05, 0.1) is 11.6 Å². The topological polar surface area (TPSA) is 41.6 Å². The normalized spacial score (nSPS) is 16.3. The van der Waals surface area contributed by atoms with Gasteiger partial charge in [-0.1, -0.05) is 30.0 Å². The van der Waals surface area contributed by atoms with Crippen LogP contribution in [0.3, 0.4) is 0 Å². The number of nitrogens with two attached hydrogens (primary N) is 1. The van der Waals surface area contributed by atoms with Crippen molar-refractivity contribution >= 4 is 22.6 Å². The van der Waals surface area contributed by atoms with Gasteiger partial charge in [0, 0.05) is 0 Å². The monoisotopic (exact) mass is 179 g/mol. The fourth-order valence-electron chi connectivity index (χ4n) is 1.04. The molecule has 0 aliphatic carbocycles. The first-order chi connectivity index (χ1) is 5.86. The third-order valence-corrected chi connectivity index (χ3v) is 2.36. The summed E-state index contributed by atoms with van der Waals surface area (Å²) in [5, 5.41) is 6.68. The Morgan fingerprint density at radius 2 is 2.08 bits per heavy atom. The van der Waals surface area contributed by atoms with Crippen LogP contribution in [0.4, 0.5) is 5.69 Å². The molecule has 2 N–H and O–H groups in total. The lowest BCUT2D eigenvalue weighted by Crippen LogP contribution is -2.10. The van der Waals surface area contributed by atoms with E-state index in [2.05, 4.69) is 5.10 Å². The van der Waals surface area contributed by atoms with Crippen molar-refractivity contribution in [3.63, 3.8) is 0 Å². The van der Waals surface area contributed by atoms with Crippen LogP contribution < -0.4 is 10.7 Å². The molecule has 1 aromatic carbocycles. The predicted octanol–water partition coefficient (Wildman–Crippen LogP) is 1.43. The first-order valence-electron chi connectivity index (χ1n) is 3.66. The van der Waals surface area contributed by atoms with Gasteiger partial charge in [0.1, 0.15) is 0 Å². The first-order valence-corrected chi connectivity index (χ1v) is 4.64. The smallest absolute Gasteiger partial charge is 0.180 e. The summed E-state index contributed by atoms with van der Waals surface area (Å²) in [6.45, 7) is 0. The van der Waals surface area contributed by atoms with Gasteiger partial charge in [-0.2, -0.15) is 0 Å². The van der Waals surface area contributed by atoms with Crippen molar-refractivity contribution < 1.29 is 0 Å². The quantitative estimate of drug-likeness (QED) is 0.709. The summed E-state index contributed by atoms with van der Waals surface area (Å²) in [5.41, 5.74) is 6.62. The molecule has 0 spiro atoms. The zero-order chi connectivity index (χ0) is 8.39. The Hall–Kier alpha value is -1.16. The Morgan fingerprint density at radius 1 is 1.33 bits per heavy atom. The Bertz CT molecular complexity index is 296. The molecule has 0 unspecified atom stereocenters. The predicted molar refractivity (Wildman–Crippen MR) is 53.0 cm³/mol. The van der Waals surface area contributed by atoms with E-state index in [1.807, 2.05) is 35.3 Å². The molecule has 0 fully saturated rings. The third-order valence-electron chi connectivity index (χ3n) is 1.61. The molecule has 0 saturated carbocycles. The number of hydrazone groups is 1. The minimum Gasteiger partial charge on any atom is -0.377 e. The van der Waals surface area contributed by atoms with Gasteiger partial charge in [-0.15, -0.1) is 5.10 Å². The van der Waals surface area contributed by atoms with Crippen LogP contribution in [-0.2, 0) is 0 Å². The van der Waals surface area contributed by atoms with E-state index in [4.69, 9.17) is 5.73 Å². The standard InChI is InChI=1S/C8H9N3S/c9-8-10-11(6-12-8)7-4-2-1-3-5-7/h1-5H,6H2,(H2,9,10). The molecule has 62 valence electrons. The molecular weight excluding hydrogens is 170 g/mol. The molecule has 1 aliphatic rings. The molecule has 0 saturated heterocycles. The Balaban J connectivity index is 2.22. The van der Waals surface area contributed by atoms with Gasteiger partial charge in [0.25, 0.3) is 0 Å². The van der Waals surface area contributed by atoms with Gasteiger partial charge < -0.3 is 5.73 Å². The number of amidine groups is 1. The molecule has 0 atom stereocenters. The van der Waals surface area contributed by atoms with Gasteiger partial charge >= 0.3 is 0 Å². The van der Waals surface area contributed by atoms with E-state index in [0.717, 1.165) is 11.6 Å². The third kappa shape index (κ3) is 1.38. The molecule has 2 rings (SSSR count). The maximum absolute atomic E-state index is 5.53. The van der Waals surface area contributed by atoms with Crippen molar-refractivity contribution in [2.45, 2.75) is 0 Å². The van der Waals surface area contributed by atoms with E-state index in [1.165, 1.54) is 0 Å². The fraction of sp³-hybridized carbons (Fsp3) is 0.125. The van der Waals surface area contributed by atoms with Gasteiger partial charge in [-0.25, -0.2) is 0 Å². The maximum atomic E-state index is 5.53. The van der Waals surface area contributed by atoms with E-state index in [9.17, 15) is 0 Å². The summed E-state index contributed by atoms with van der Waals surface area (Å²) < 4.78 is 0. The van der Waals surface area contributed by atoms with Crippen LogP contribution >= 0.6 is 11.8 Å².